The predicted molar refractivity (Wildman–Crippen MR) is 37.9 cm³/mol. The molecule has 0 aliphatic carbocycles. The third-order valence-electron chi connectivity index (χ3n) is 0.931. The van der Waals surface area contributed by atoms with Crippen molar-refractivity contribution in [2.75, 3.05) is 14.2 Å². The molecule has 0 aromatic carbocycles. The number of allylic oxidation sites excluding steroid dienone is 1. The number of ether oxygens (including phenoxy) is 2. The molecule has 6 heteroatoms. The Morgan fingerprint density at radius 1 is 1.42 bits per heavy atom. The third kappa shape index (κ3) is 3.52. The minimum absolute atomic E-state index is 0.319. The summed E-state index contributed by atoms with van der Waals surface area (Å²) in [4.78, 5) is 10.5. The Morgan fingerprint density at radius 2 is 1.83 bits per heavy atom. The summed E-state index contributed by atoms with van der Waals surface area (Å²) >= 11 is 4.40. The van der Waals surface area contributed by atoms with Gasteiger partial charge < -0.3 is 9.47 Å². The van der Waals surface area contributed by atoms with Crippen molar-refractivity contribution < 1.29 is 23.0 Å². The van der Waals surface area contributed by atoms with Gasteiger partial charge in [0.05, 0.1) is 20.3 Å². The molecule has 0 saturated carbocycles. The number of alkyl halides is 3. The maximum Gasteiger partial charge on any atom is 0.384 e. The average molecular weight is 201 g/mol. The average Bonchev–Trinajstić information content (AvgIpc) is 1.97. The summed E-state index contributed by atoms with van der Waals surface area (Å²) in [5.41, 5.74) is 0. The van der Waals surface area contributed by atoms with Crippen LogP contribution in [0.1, 0.15) is 0 Å². The Morgan fingerprint density at radius 3 is 2.08 bits per heavy atom. The molecule has 0 N–H and O–H groups in total. The van der Waals surface area contributed by atoms with E-state index in [2.05, 4.69) is 21.1 Å². The van der Waals surface area contributed by atoms with Gasteiger partial charge in [0.25, 0.3) is 5.95 Å². The Balaban J connectivity index is 4.42. The Kier molecular flexibility index (Phi) is 3.95. The first kappa shape index (κ1) is 11.2. The molecule has 0 aromatic heterocycles. The van der Waals surface area contributed by atoms with Crippen LogP contribution in [0.3, 0.4) is 0 Å². The lowest BCUT2D eigenvalue weighted by Crippen LogP contribution is -2.19. The summed E-state index contributed by atoms with van der Waals surface area (Å²) in [5, 5.41) is -3.91. The normalized spacial score (nSPS) is 10.4. The highest BCUT2D eigenvalue weighted by Crippen LogP contribution is 2.21. The number of carbonyl (C=O) groups is 1. The van der Waals surface area contributed by atoms with Crippen LogP contribution in [0.15, 0.2) is 12.0 Å². The monoisotopic (exact) mass is 200 g/mol. The van der Waals surface area contributed by atoms with E-state index in [1.165, 1.54) is 14.2 Å². The zero-order chi connectivity index (χ0) is 9.78. The lowest BCUT2D eigenvalue weighted by Gasteiger charge is -2.05. The topological polar surface area (TPSA) is 35.5 Å². The number of rotatable bonds is 4. The molecule has 0 spiro atoms. The van der Waals surface area contributed by atoms with E-state index in [0.29, 0.717) is 6.08 Å². The fourth-order valence-electron chi connectivity index (χ4n) is 0.390. The van der Waals surface area contributed by atoms with Gasteiger partial charge in [0.2, 0.25) is 5.78 Å². The van der Waals surface area contributed by atoms with Gasteiger partial charge in [-0.15, -0.1) is 0 Å². The van der Waals surface area contributed by atoms with E-state index >= 15 is 0 Å². The molecule has 0 aromatic rings. The molecule has 0 amide bonds. The lowest BCUT2D eigenvalue weighted by molar-refractivity contribution is -0.128. The fourth-order valence-corrected chi connectivity index (χ4v) is 0.445. The van der Waals surface area contributed by atoms with Crippen LogP contribution in [0.2, 0.25) is 0 Å². The number of halogens is 3. The van der Waals surface area contributed by atoms with Gasteiger partial charge in [0, 0.05) is 0 Å². The summed E-state index contributed by atoms with van der Waals surface area (Å²) in [7, 11) is 2.35. The lowest BCUT2D eigenvalue weighted by atomic mass is 10.4. The van der Waals surface area contributed by atoms with Crippen molar-refractivity contribution in [2.24, 2.45) is 0 Å². The number of hydrogen-bond acceptors (Lipinski definition) is 3. The molecule has 0 saturated heterocycles. The highest BCUT2D eigenvalue weighted by Gasteiger charge is 2.34. The highest BCUT2D eigenvalue weighted by atomic mass is 35.5. The van der Waals surface area contributed by atoms with Gasteiger partial charge >= 0.3 is 5.38 Å². The summed E-state index contributed by atoms with van der Waals surface area (Å²) < 4.78 is 32.8. The summed E-state index contributed by atoms with van der Waals surface area (Å²) in [5.74, 6) is -1.90. The first-order valence-electron chi connectivity index (χ1n) is 2.82. The summed E-state index contributed by atoms with van der Waals surface area (Å²) in [6.07, 6.45) is 0.479. The first-order valence-corrected chi connectivity index (χ1v) is 3.20. The van der Waals surface area contributed by atoms with E-state index in [1.807, 2.05) is 0 Å². The minimum Gasteiger partial charge on any atom is -0.469 e. The number of hydrogen-bond donors (Lipinski definition) is 0. The second kappa shape index (κ2) is 4.25. The van der Waals surface area contributed by atoms with E-state index in [1.54, 1.807) is 0 Å². The van der Waals surface area contributed by atoms with Gasteiger partial charge in [-0.1, -0.05) is 0 Å². The second-order valence-electron chi connectivity index (χ2n) is 1.73. The fraction of sp³-hybridized carbons (Fsp3) is 0.500. The van der Waals surface area contributed by atoms with Gasteiger partial charge in [-0.3, -0.25) is 4.79 Å². The Labute approximate surface area is 72.9 Å². The molecule has 0 heterocycles. The standard InChI is InChI=1S/C6H7ClF2O3/c1-11-5(12-2)3-4(10)6(7,8)9/h3H,1-2H3. The van der Waals surface area contributed by atoms with Crippen molar-refractivity contribution in [3.05, 3.63) is 12.0 Å². The van der Waals surface area contributed by atoms with E-state index in [0.717, 1.165) is 0 Å². The summed E-state index contributed by atoms with van der Waals surface area (Å²) in [6, 6.07) is 0. The molecule has 3 nitrogen and oxygen atoms in total. The molecule has 70 valence electrons. The van der Waals surface area contributed by atoms with Crippen molar-refractivity contribution in [3.8, 4) is 0 Å². The highest BCUT2D eigenvalue weighted by molar-refractivity contribution is 6.34. The number of ketones is 1. The van der Waals surface area contributed by atoms with Crippen LogP contribution < -0.4 is 0 Å². The molecule has 0 rings (SSSR count). The van der Waals surface area contributed by atoms with Gasteiger partial charge in [0.1, 0.15) is 0 Å². The van der Waals surface area contributed by atoms with Crippen LogP contribution in [0, 0.1) is 0 Å². The van der Waals surface area contributed by atoms with Crippen LogP contribution in [0.5, 0.6) is 0 Å². The van der Waals surface area contributed by atoms with Crippen LogP contribution in [0.4, 0.5) is 8.78 Å². The minimum atomic E-state index is -3.91. The third-order valence-corrected chi connectivity index (χ3v) is 1.12. The van der Waals surface area contributed by atoms with E-state index in [4.69, 9.17) is 0 Å². The van der Waals surface area contributed by atoms with Gasteiger partial charge in [0.15, 0.2) is 0 Å². The van der Waals surface area contributed by atoms with E-state index in [-0.39, 0.29) is 5.95 Å². The molecule has 0 bridgehead atoms. The van der Waals surface area contributed by atoms with Crippen molar-refractivity contribution in [3.63, 3.8) is 0 Å². The molecule has 12 heavy (non-hydrogen) atoms. The van der Waals surface area contributed by atoms with Gasteiger partial charge in [-0.2, -0.15) is 8.78 Å². The van der Waals surface area contributed by atoms with Crippen molar-refractivity contribution in [2.45, 2.75) is 5.38 Å². The summed E-state index contributed by atoms with van der Waals surface area (Å²) in [6.45, 7) is 0. The van der Waals surface area contributed by atoms with Gasteiger partial charge in [-0.05, 0) is 11.6 Å². The maximum absolute atomic E-state index is 12.0. The molecule has 0 radical (unpaired) electrons. The quantitative estimate of drug-likeness (QED) is 0.392. The maximum atomic E-state index is 12.0. The van der Waals surface area contributed by atoms with Crippen molar-refractivity contribution in [1.29, 1.82) is 0 Å². The van der Waals surface area contributed by atoms with Crippen LogP contribution >= 0.6 is 11.6 Å². The predicted octanol–water partition coefficient (Wildman–Crippen LogP) is 1.52. The molecule has 0 aliphatic rings. The zero-order valence-electron chi connectivity index (χ0n) is 6.44. The van der Waals surface area contributed by atoms with Crippen molar-refractivity contribution >= 4 is 17.4 Å². The molecule has 0 fully saturated rings. The molecule has 0 unspecified atom stereocenters. The molecular formula is C6H7ClF2O3. The van der Waals surface area contributed by atoms with Crippen LogP contribution in [-0.2, 0) is 14.3 Å². The smallest absolute Gasteiger partial charge is 0.384 e. The Hall–Kier alpha value is -0.840. The molecule has 0 aliphatic heterocycles. The van der Waals surface area contributed by atoms with E-state index < -0.39 is 11.2 Å². The molecule has 0 atom stereocenters. The van der Waals surface area contributed by atoms with Crippen LogP contribution in [-0.4, -0.2) is 25.4 Å². The number of carbonyl (C=O) groups excluding carboxylic acids is 1. The zero-order valence-corrected chi connectivity index (χ0v) is 7.19. The SMILES string of the molecule is COC(=CC(=O)C(F)(F)Cl)OC. The molecular weight excluding hydrogens is 194 g/mol. The van der Waals surface area contributed by atoms with E-state index in [9.17, 15) is 13.6 Å². The largest absolute Gasteiger partial charge is 0.469 e. The second-order valence-corrected chi connectivity index (χ2v) is 2.21. The number of methoxy groups -OCH3 is 2. The first-order chi connectivity index (χ1) is 5.41. The van der Waals surface area contributed by atoms with Crippen LogP contribution in [0.25, 0.3) is 0 Å². The van der Waals surface area contributed by atoms with Gasteiger partial charge in [-0.25, -0.2) is 0 Å². The Bertz CT molecular complexity index is 191. The van der Waals surface area contributed by atoms with Crippen molar-refractivity contribution in [1.82, 2.24) is 0 Å².